The highest BCUT2D eigenvalue weighted by Gasteiger charge is 2.25. The second kappa shape index (κ2) is 9.25. The van der Waals surface area contributed by atoms with Crippen molar-refractivity contribution in [3.8, 4) is 17.4 Å². The predicted molar refractivity (Wildman–Crippen MR) is 114 cm³/mol. The standard InChI is InChI=1S/C20H13ClN4O7/c1-31-10-14-13(9-22)20(26)23-16(19(14)25(29)30)6-3-12-4-7-18(32-12)11-2-5-15(21)17(8-11)24(27)28/h2-8H,10H2,1H3,(H,23,26)/b6-3+. The highest BCUT2D eigenvalue weighted by Crippen LogP contribution is 2.32. The zero-order chi connectivity index (χ0) is 23.4. The zero-order valence-corrected chi connectivity index (χ0v) is 17.1. The number of nitrogens with one attached hydrogen (secondary N) is 1. The quantitative estimate of drug-likeness (QED) is 0.405. The Morgan fingerprint density at radius 3 is 2.59 bits per heavy atom. The van der Waals surface area contributed by atoms with Crippen molar-refractivity contribution in [2.45, 2.75) is 6.61 Å². The van der Waals surface area contributed by atoms with E-state index in [0.717, 1.165) is 0 Å². The Labute approximate surface area is 184 Å². The molecule has 12 heteroatoms. The number of benzene rings is 1. The van der Waals surface area contributed by atoms with Crippen molar-refractivity contribution >= 4 is 35.1 Å². The number of hydrogen-bond acceptors (Lipinski definition) is 8. The summed E-state index contributed by atoms with van der Waals surface area (Å²) in [5.74, 6) is 0.553. The summed E-state index contributed by atoms with van der Waals surface area (Å²) in [5.41, 5.74) is -1.84. The van der Waals surface area contributed by atoms with E-state index >= 15 is 0 Å². The molecular weight excluding hydrogens is 444 g/mol. The number of aromatic amines is 1. The van der Waals surface area contributed by atoms with Gasteiger partial charge in [-0.2, -0.15) is 5.26 Å². The van der Waals surface area contributed by atoms with Gasteiger partial charge in [0, 0.05) is 18.7 Å². The second-order valence-corrected chi connectivity index (χ2v) is 6.74. The number of nitro groups is 2. The fraction of sp³-hybridized carbons (Fsp3) is 0.100. The maximum atomic E-state index is 12.2. The van der Waals surface area contributed by atoms with Gasteiger partial charge in [-0.3, -0.25) is 25.0 Å². The van der Waals surface area contributed by atoms with Gasteiger partial charge in [0.25, 0.3) is 16.9 Å². The van der Waals surface area contributed by atoms with E-state index in [2.05, 4.69) is 4.98 Å². The molecule has 0 atom stereocenters. The predicted octanol–water partition coefficient (Wildman–Crippen LogP) is 4.29. The average Bonchev–Trinajstić information content (AvgIpc) is 3.21. The molecule has 1 N–H and O–H groups in total. The number of nitriles is 1. The van der Waals surface area contributed by atoms with E-state index in [1.807, 2.05) is 0 Å². The van der Waals surface area contributed by atoms with Crippen molar-refractivity contribution in [3.05, 3.63) is 88.5 Å². The topological polar surface area (TPSA) is 165 Å². The molecule has 3 rings (SSSR count). The Balaban J connectivity index is 2.01. The van der Waals surface area contributed by atoms with Gasteiger partial charge in [0.15, 0.2) is 0 Å². The third-order valence-electron chi connectivity index (χ3n) is 4.37. The van der Waals surface area contributed by atoms with E-state index in [4.69, 9.17) is 20.8 Å². The number of ether oxygens (including phenoxy) is 1. The van der Waals surface area contributed by atoms with Crippen LogP contribution in [0.25, 0.3) is 23.5 Å². The Morgan fingerprint density at radius 2 is 1.97 bits per heavy atom. The van der Waals surface area contributed by atoms with Gasteiger partial charge < -0.3 is 14.1 Å². The van der Waals surface area contributed by atoms with Gasteiger partial charge in [-0.1, -0.05) is 11.6 Å². The molecule has 0 aliphatic heterocycles. The first kappa shape index (κ1) is 22.4. The summed E-state index contributed by atoms with van der Waals surface area (Å²) in [7, 11) is 1.28. The molecule has 162 valence electrons. The van der Waals surface area contributed by atoms with Gasteiger partial charge in [0.1, 0.15) is 33.9 Å². The molecule has 0 spiro atoms. The molecule has 0 amide bonds. The van der Waals surface area contributed by atoms with E-state index in [1.165, 1.54) is 37.5 Å². The van der Waals surface area contributed by atoms with E-state index in [0.29, 0.717) is 11.3 Å². The first-order valence-electron chi connectivity index (χ1n) is 8.81. The maximum Gasteiger partial charge on any atom is 0.299 e. The number of rotatable bonds is 7. The summed E-state index contributed by atoms with van der Waals surface area (Å²) in [5, 5.41) is 31.8. The van der Waals surface area contributed by atoms with Crippen LogP contribution in [-0.4, -0.2) is 21.9 Å². The number of nitrogens with zero attached hydrogens (tertiary/aromatic N) is 3. The Hall–Kier alpha value is -4.27. The maximum absolute atomic E-state index is 12.2. The molecule has 0 saturated heterocycles. The molecule has 0 aliphatic carbocycles. The summed E-state index contributed by atoms with van der Waals surface area (Å²) in [6.45, 7) is -0.301. The minimum absolute atomic E-state index is 0.0191. The minimum atomic E-state index is -0.793. The van der Waals surface area contributed by atoms with Crippen LogP contribution < -0.4 is 5.56 Å². The number of pyridine rings is 1. The van der Waals surface area contributed by atoms with Gasteiger partial charge in [0.2, 0.25) is 0 Å². The largest absolute Gasteiger partial charge is 0.457 e. The molecule has 1 aromatic carbocycles. The number of hydrogen-bond donors (Lipinski definition) is 1. The van der Waals surface area contributed by atoms with Crippen LogP contribution in [0.2, 0.25) is 5.02 Å². The van der Waals surface area contributed by atoms with E-state index in [1.54, 1.807) is 18.2 Å². The second-order valence-electron chi connectivity index (χ2n) is 6.33. The number of nitro benzene ring substituents is 1. The lowest BCUT2D eigenvalue weighted by Gasteiger charge is -2.06. The summed E-state index contributed by atoms with van der Waals surface area (Å²) in [6, 6.07) is 8.92. The summed E-state index contributed by atoms with van der Waals surface area (Å²) in [4.78, 5) is 35.8. The van der Waals surface area contributed by atoms with Crippen molar-refractivity contribution in [3.63, 3.8) is 0 Å². The molecular formula is C20H13ClN4O7. The lowest BCUT2D eigenvalue weighted by atomic mass is 10.1. The van der Waals surface area contributed by atoms with Crippen LogP contribution in [0.3, 0.4) is 0 Å². The normalized spacial score (nSPS) is 10.9. The van der Waals surface area contributed by atoms with Crippen molar-refractivity contribution in [1.29, 1.82) is 5.26 Å². The van der Waals surface area contributed by atoms with Gasteiger partial charge >= 0.3 is 0 Å². The summed E-state index contributed by atoms with van der Waals surface area (Å²) < 4.78 is 10.5. The Bertz CT molecular complexity index is 1350. The van der Waals surface area contributed by atoms with Crippen molar-refractivity contribution in [1.82, 2.24) is 4.98 Å². The van der Waals surface area contributed by atoms with Crippen molar-refractivity contribution in [2.24, 2.45) is 0 Å². The van der Waals surface area contributed by atoms with Crippen LogP contribution in [-0.2, 0) is 11.3 Å². The Morgan fingerprint density at radius 1 is 1.22 bits per heavy atom. The van der Waals surface area contributed by atoms with Gasteiger partial charge in [-0.05, 0) is 36.4 Å². The highest BCUT2D eigenvalue weighted by atomic mass is 35.5. The third-order valence-corrected chi connectivity index (χ3v) is 4.69. The van der Waals surface area contributed by atoms with Crippen LogP contribution in [0.5, 0.6) is 0 Å². The fourth-order valence-electron chi connectivity index (χ4n) is 2.96. The highest BCUT2D eigenvalue weighted by molar-refractivity contribution is 6.32. The van der Waals surface area contributed by atoms with E-state index in [9.17, 15) is 30.3 Å². The van der Waals surface area contributed by atoms with Gasteiger partial charge in [-0.25, -0.2) is 0 Å². The Kier molecular flexibility index (Phi) is 6.48. The molecule has 3 aromatic rings. The average molecular weight is 457 g/mol. The number of methoxy groups -OCH3 is 1. The molecule has 11 nitrogen and oxygen atoms in total. The van der Waals surface area contributed by atoms with Crippen LogP contribution in [0.4, 0.5) is 11.4 Å². The third kappa shape index (κ3) is 4.41. The molecule has 0 fully saturated rings. The molecule has 0 aliphatic rings. The molecule has 2 heterocycles. The van der Waals surface area contributed by atoms with Crippen LogP contribution in [0, 0.1) is 31.6 Å². The number of furan rings is 1. The van der Waals surface area contributed by atoms with Crippen LogP contribution in [0.1, 0.15) is 22.6 Å². The minimum Gasteiger partial charge on any atom is -0.457 e. The summed E-state index contributed by atoms with van der Waals surface area (Å²) >= 11 is 5.81. The summed E-state index contributed by atoms with van der Waals surface area (Å²) in [6.07, 6.45) is 2.63. The first-order valence-corrected chi connectivity index (χ1v) is 9.19. The van der Waals surface area contributed by atoms with E-state index < -0.39 is 26.7 Å². The molecule has 32 heavy (non-hydrogen) atoms. The molecule has 2 aromatic heterocycles. The first-order chi connectivity index (χ1) is 15.3. The number of H-pyrrole nitrogens is 1. The van der Waals surface area contributed by atoms with Gasteiger partial charge in [0.05, 0.1) is 22.0 Å². The lowest BCUT2D eigenvalue weighted by Crippen LogP contribution is -2.18. The SMILES string of the molecule is COCc1c([N+](=O)[O-])c(/C=C/c2ccc(-c3ccc(Cl)c([N+](=O)[O-])c3)o2)[nH]c(=O)c1C#N. The fourth-order valence-corrected chi connectivity index (χ4v) is 3.15. The van der Waals surface area contributed by atoms with Gasteiger partial charge in [-0.15, -0.1) is 0 Å². The molecule has 0 saturated carbocycles. The molecule has 0 bridgehead atoms. The number of aromatic nitrogens is 1. The molecule has 0 radical (unpaired) electrons. The number of halogens is 1. The van der Waals surface area contributed by atoms with Crippen molar-refractivity contribution in [2.75, 3.05) is 7.11 Å². The monoisotopic (exact) mass is 456 g/mol. The van der Waals surface area contributed by atoms with Crippen LogP contribution >= 0.6 is 11.6 Å². The lowest BCUT2D eigenvalue weighted by molar-refractivity contribution is -0.386. The molecule has 0 unspecified atom stereocenters. The smallest absolute Gasteiger partial charge is 0.299 e. The van der Waals surface area contributed by atoms with E-state index in [-0.39, 0.29) is 34.3 Å². The zero-order valence-electron chi connectivity index (χ0n) is 16.3. The van der Waals surface area contributed by atoms with Crippen LogP contribution in [0.15, 0.2) is 39.5 Å². The van der Waals surface area contributed by atoms with Crippen molar-refractivity contribution < 1.29 is 19.0 Å².